The molecule has 0 aromatic rings. The minimum Gasteiger partial charge on any atom is -0.327 e. The van der Waals surface area contributed by atoms with E-state index in [-0.39, 0.29) is 0 Å². The fourth-order valence-corrected chi connectivity index (χ4v) is 1.17. The molecule has 4 N–H and O–H groups in total. The first-order chi connectivity index (χ1) is 6.61. The second-order valence-electron chi connectivity index (χ2n) is 4.00. The molecule has 3 heteroatoms. The van der Waals surface area contributed by atoms with Gasteiger partial charge in [-0.2, -0.15) is 0 Å². The first kappa shape index (κ1) is 13.6. The van der Waals surface area contributed by atoms with Crippen molar-refractivity contribution in [3.05, 3.63) is 12.2 Å². The summed E-state index contributed by atoms with van der Waals surface area (Å²) in [5.41, 5.74) is 12.0. The van der Waals surface area contributed by atoms with E-state index < -0.39 is 0 Å². The lowest BCUT2D eigenvalue weighted by Gasteiger charge is -2.18. The van der Waals surface area contributed by atoms with Crippen molar-refractivity contribution in [3.63, 3.8) is 0 Å². The zero-order chi connectivity index (χ0) is 11.0. The normalized spacial score (nSPS) is 16.4. The monoisotopic (exact) mass is 199 g/mol. The lowest BCUT2D eigenvalue weighted by Crippen LogP contribution is -2.40. The first-order valence-electron chi connectivity index (χ1n) is 5.46. The Morgan fingerprint density at radius 2 is 2.00 bits per heavy atom. The molecule has 0 rings (SSSR count). The van der Waals surface area contributed by atoms with Gasteiger partial charge in [-0.25, -0.2) is 0 Å². The second kappa shape index (κ2) is 7.97. The Hall–Kier alpha value is -0.380. The molecule has 0 fully saturated rings. The number of nitrogens with one attached hydrogen (secondary N) is 2. The average molecular weight is 199 g/mol. The maximum Gasteiger partial charge on any atom is 0.0415 e. The number of hydrazine groups is 1. The van der Waals surface area contributed by atoms with E-state index in [9.17, 15) is 0 Å². The molecule has 0 aliphatic heterocycles. The first-order valence-corrected chi connectivity index (χ1v) is 5.46. The van der Waals surface area contributed by atoms with Gasteiger partial charge in [0.05, 0.1) is 0 Å². The van der Waals surface area contributed by atoms with Gasteiger partial charge in [-0.3, -0.25) is 10.9 Å². The Morgan fingerprint density at radius 1 is 1.36 bits per heavy atom. The maximum absolute atomic E-state index is 5.82. The molecule has 0 saturated carbocycles. The molecular weight excluding hydrogens is 174 g/mol. The highest BCUT2D eigenvalue weighted by molar-refractivity contribution is 4.95. The Morgan fingerprint density at radius 3 is 2.43 bits per heavy atom. The quantitative estimate of drug-likeness (QED) is 0.429. The van der Waals surface area contributed by atoms with Crippen LogP contribution in [0.5, 0.6) is 0 Å². The number of rotatable bonds is 7. The fraction of sp³-hybridized carbons (Fsp3) is 0.818. The molecule has 0 bridgehead atoms. The van der Waals surface area contributed by atoms with Gasteiger partial charge in [0.2, 0.25) is 0 Å². The lowest BCUT2D eigenvalue weighted by atomic mass is 10.0. The van der Waals surface area contributed by atoms with Gasteiger partial charge in [-0.1, -0.05) is 32.9 Å². The minimum atomic E-state index is 0.300. The van der Waals surface area contributed by atoms with Gasteiger partial charge in [0.1, 0.15) is 0 Å². The summed E-state index contributed by atoms with van der Waals surface area (Å²) in [7, 11) is 1.89. The summed E-state index contributed by atoms with van der Waals surface area (Å²) in [6, 6.07) is 0.678. The van der Waals surface area contributed by atoms with Gasteiger partial charge in [-0.05, 0) is 25.8 Å². The summed E-state index contributed by atoms with van der Waals surface area (Å²) >= 11 is 0. The van der Waals surface area contributed by atoms with E-state index >= 15 is 0 Å². The summed E-state index contributed by atoms with van der Waals surface area (Å²) in [6.45, 7) is 6.50. The van der Waals surface area contributed by atoms with E-state index in [1.807, 2.05) is 7.05 Å². The molecule has 0 amide bonds. The molecule has 0 aliphatic rings. The number of hydrogen-bond donors (Lipinski definition) is 3. The average Bonchev–Trinajstić information content (AvgIpc) is 2.16. The number of nitrogens with two attached hydrogens (primary N) is 1. The van der Waals surface area contributed by atoms with Gasteiger partial charge in [0.25, 0.3) is 0 Å². The predicted molar refractivity (Wildman–Crippen MR) is 62.8 cm³/mol. The van der Waals surface area contributed by atoms with Crippen LogP contribution >= 0.6 is 0 Å². The molecule has 0 radical (unpaired) electrons. The van der Waals surface area contributed by atoms with Crippen molar-refractivity contribution in [1.82, 2.24) is 10.9 Å². The highest BCUT2D eigenvalue weighted by atomic mass is 15.3. The van der Waals surface area contributed by atoms with E-state index in [1.165, 1.54) is 0 Å². The van der Waals surface area contributed by atoms with Crippen molar-refractivity contribution in [2.75, 3.05) is 7.05 Å². The topological polar surface area (TPSA) is 50.1 Å². The van der Waals surface area contributed by atoms with Crippen LogP contribution in [0, 0.1) is 5.92 Å². The van der Waals surface area contributed by atoms with Gasteiger partial charge >= 0.3 is 0 Å². The van der Waals surface area contributed by atoms with Crippen LogP contribution in [0.25, 0.3) is 0 Å². The number of hydrogen-bond acceptors (Lipinski definition) is 3. The van der Waals surface area contributed by atoms with Crippen LogP contribution in [0.15, 0.2) is 12.2 Å². The van der Waals surface area contributed by atoms with Crippen LogP contribution in [-0.2, 0) is 0 Å². The Balaban J connectivity index is 3.89. The molecule has 0 aromatic carbocycles. The molecule has 84 valence electrons. The van der Waals surface area contributed by atoms with Gasteiger partial charge in [0, 0.05) is 12.1 Å². The smallest absolute Gasteiger partial charge is 0.0415 e. The third-order valence-electron chi connectivity index (χ3n) is 2.34. The van der Waals surface area contributed by atoms with Crippen molar-refractivity contribution >= 4 is 0 Å². The fourth-order valence-electron chi connectivity index (χ4n) is 1.17. The third-order valence-corrected chi connectivity index (χ3v) is 2.34. The van der Waals surface area contributed by atoms with E-state index in [4.69, 9.17) is 5.73 Å². The van der Waals surface area contributed by atoms with E-state index in [1.54, 1.807) is 0 Å². The molecule has 0 spiro atoms. The van der Waals surface area contributed by atoms with E-state index in [0.29, 0.717) is 18.0 Å². The van der Waals surface area contributed by atoms with Crippen molar-refractivity contribution in [2.24, 2.45) is 11.7 Å². The van der Waals surface area contributed by atoms with Crippen LogP contribution in [0.4, 0.5) is 0 Å². The lowest BCUT2D eigenvalue weighted by molar-refractivity contribution is 0.424. The highest BCUT2D eigenvalue weighted by Crippen LogP contribution is 2.03. The largest absolute Gasteiger partial charge is 0.327 e. The minimum absolute atomic E-state index is 0.300. The van der Waals surface area contributed by atoms with Gasteiger partial charge < -0.3 is 5.73 Å². The summed E-state index contributed by atoms with van der Waals surface area (Å²) in [5.74, 6) is 0.580. The summed E-state index contributed by atoms with van der Waals surface area (Å²) < 4.78 is 0. The summed E-state index contributed by atoms with van der Waals surface area (Å²) in [6.07, 6.45) is 6.36. The third kappa shape index (κ3) is 6.13. The van der Waals surface area contributed by atoms with E-state index in [2.05, 4.69) is 43.8 Å². The SMILES string of the molecule is CCC(N)C/C=C\C(NNC)C(C)C. The molecule has 2 unspecified atom stereocenters. The summed E-state index contributed by atoms with van der Waals surface area (Å²) in [5, 5.41) is 0. The molecule has 2 atom stereocenters. The zero-order valence-electron chi connectivity index (χ0n) is 9.88. The van der Waals surface area contributed by atoms with Crippen LogP contribution in [-0.4, -0.2) is 19.1 Å². The molecular formula is C11H25N3. The highest BCUT2D eigenvalue weighted by Gasteiger charge is 2.07. The van der Waals surface area contributed by atoms with Crippen molar-refractivity contribution in [2.45, 2.75) is 45.7 Å². The Bertz CT molecular complexity index is 155. The van der Waals surface area contributed by atoms with Crippen molar-refractivity contribution in [1.29, 1.82) is 0 Å². The van der Waals surface area contributed by atoms with Crippen LogP contribution in [0.3, 0.4) is 0 Å². The molecule has 0 saturated heterocycles. The van der Waals surface area contributed by atoms with Crippen molar-refractivity contribution in [3.8, 4) is 0 Å². The van der Waals surface area contributed by atoms with Gasteiger partial charge in [0.15, 0.2) is 0 Å². The zero-order valence-corrected chi connectivity index (χ0v) is 9.88. The van der Waals surface area contributed by atoms with Crippen LogP contribution in [0.2, 0.25) is 0 Å². The maximum atomic E-state index is 5.82. The molecule has 0 aliphatic carbocycles. The predicted octanol–water partition coefficient (Wildman–Crippen LogP) is 1.42. The molecule has 0 aromatic heterocycles. The molecule has 0 heterocycles. The molecule has 3 nitrogen and oxygen atoms in total. The van der Waals surface area contributed by atoms with Gasteiger partial charge in [-0.15, -0.1) is 0 Å². The van der Waals surface area contributed by atoms with Crippen LogP contribution < -0.4 is 16.6 Å². The standard InChI is InChI=1S/C11H25N3/c1-5-10(12)7-6-8-11(9(2)3)14-13-4/h6,8-11,13-14H,5,7,12H2,1-4H3/b8-6-. The van der Waals surface area contributed by atoms with Crippen LogP contribution in [0.1, 0.15) is 33.6 Å². The Kier molecular flexibility index (Phi) is 7.76. The van der Waals surface area contributed by atoms with Crippen molar-refractivity contribution < 1.29 is 0 Å². The second-order valence-corrected chi connectivity index (χ2v) is 4.00. The van der Waals surface area contributed by atoms with E-state index in [0.717, 1.165) is 12.8 Å². The summed E-state index contributed by atoms with van der Waals surface area (Å²) in [4.78, 5) is 0. The Labute approximate surface area is 88.1 Å². The molecule has 14 heavy (non-hydrogen) atoms.